The van der Waals surface area contributed by atoms with Crippen LogP contribution in [-0.2, 0) is 30.6 Å². The van der Waals surface area contributed by atoms with Crippen LogP contribution in [0, 0.1) is 6.08 Å². The average molecular weight is 471 g/mol. The van der Waals surface area contributed by atoms with E-state index < -0.39 is 16.4 Å². The van der Waals surface area contributed by atoms with E-state index in [1.807, 2.05) is 0 Å². The fourth-order valence-electron chi connectivity index (χ4n) is 3.14. The number of halogens is 2. The summed E-state index contributed by atoms with van der Waals surface area (Å²) < 4.78 is 6.34. The number of rotatable bonds is 5. The van der Waals surface area contributed by atoms with Gasteiger partial charge in [0.15, 0.2) is 8.32 Å². The first-order valence-electron chi connectivity index (χ1n) is 7.83. The number of nitrogens with one attached hydrogen (secondary N) is 1. The fourth-order valence-corrected chi connectivity index (χ4v) is 8.43. The Kier molecular flexibility index (Phi) is 9.95. The van der Waals surface area contributed by atoms with E-state index in [1.54, 1.807) is 10.4 Å². The second-order valence-electron chi connectivity index (χ2n) is 8.38. The monoisotopic (exact) mass is 468 g/mol. The van der Waals surface area contributed by atoms with Crippen LogP contribution in [-0.4, -0.2) is 28.0 Å². The van der Waals surface area contributed by atoms with Crippen LogP contribution >= 0.6 is 0 Å². The van der Waals surface area contributed by atoms with Gasteiger partial charge in [0.25, 0.3) is 0 Å². The van der Waals surface area contributed by atoms with Gasteiger partial charge in [-0.3, -0.25) is 0 Å². The molecular formula is C16H30Cl2NOSi2Zr. The first-order valence-corrected chi connectivity index (χ1v) is 13.9. The predicted molar refractivity (Wildman–Crippen MR) is 91.6 cm³/mol. The van der Waals surface area contributed by atoms with E-state index in [2.05, 4.69) is 65.3 Å². The van der Waals surface area contributed by atoms with Crippen LogP contribution in [0.15, 0.2) is 16.1 Å². The smallest absolute Gasteiger partial charge is 1.00 e. The predicted octanol–water partition coefficient (Wildman–Crippen LogP) is -1.82. The zero-order chi connectivity index (χ0) is 15.3. The molecule has 0 amide bonds. The molecule has 2 aliphatic rings. The maximum atomic E-state index is 6.34. The van der Waals surface area contributed by atoms with Gasteiger partial charge in [0.1, 0.15) is 0 Å². The van der Waals surface area contributed by atoms with Crippen molar-refractivity contribution in [2.45, 2.75) is 78.0 Å². The zero-order valence-electron chi connectivity index (χ0n) is 15.7. The molecule has 0 saturated carbocycles. The summed E-state index contributed by atoms with van der Waals surface area (Å²) in [5.41, 5.74) is 1.43. The molecule has 1 heterocycles. The summed E-state index contributed by atoms with van der Waals surface area (Å²) in [6.45, 7) is 18.2. The van der Waals surface area contributed by atoms with Crippen molar-refractivity contribution in [2.24, 2.45) is 0 Å². The molecular weight excluding hydrogens is 440 g/mol. The van der Waals surface area contributed by atoms with E-state index in [4.69, 9.17) is 4.43 Å². The quantitative estimate of drug-likeness (QED) is 0.377. The summed E-state index contributed by atoms with van der Waals surface area (Å²) in [5, 5.41) is 6.90. The van der Waals surface area contributed by atoms with Crippen molar-refractivity contribution in [3.8, 4) is 0 Å². The molecule has 1 saturated heterocycles. The zero-order valence-corrected chi connectivity index (χ0v) is 21.6. The van der Waals surface area contributed by atoms with E-state index in [1.165, 1.54) is 18.2 Å². The van der Waals surface area contributed by atoms with Crippen molar-refractivity contribution < 1.29 is 55.4 Å². The van der Waals surface area contributed by atoms with Crippen LogP contribution in [0.2, 0.25) is 32.2 Å². The molecule has 0 aromatic heterocycles. The Hall–Kier alpha value is 1.14. The summed E-state index contributed by atoms with van der Waals surface area (Å²) >= 11 is 0. The molecule has 1 fully saturated rings. The number of allylic oxidation sites excluding steroid dienone is 2. The Morgan fingerprint density at radius 3 is 2.13 bits per heavy atom. The van der Waals surface area contributed by atoms with E-state index in [-0.39, 0.29) is 62.7 Å². The van der Waals surface area contributed by atoms with Gasteiger partial charge in [0.05, 0.1) is 0 Å². The third-order valence-electron chi connectivity index (χ3n) is 3.83. The molecule has 1 aliphatic carbocycles. The Bertz CT molecular complexity index is 483. The van der Waals surface area contributed by atoms with Gasteiger partial charge in [-0.05, 0) is 48.5 Å². The van der Waals surface area contributed by atoms with Gasteiger partial charge in [0, 0.05) is 11.6 Å². The van der Waals surface area contributed by atoms with Crippen LogP contribution in [0.3, 0.4) is 0 Å². The normalized spacial score (nSPS) is 25.6. The van der Waals surface area contributed by atoms with Gasteiger partial charge in [0.2, 0.25) is 0 Å². The van der Waals surface area contributed by atoms with E-state index in [9.17, 15) is 0 Å². The molecule has 2 atom stereocenters. The second-order valence-corrected chi connectivity index (χ2v) is 17.0. The van der Waals surface area contributed by atoms with E-state index in [0.717, 1.165) is 0 Å². The molecule has 0 aromatic carbocycles. The van der Waals surface area contributed by atoms with Gasteiger partial charge in [-0.15, -0.1) is 0 Å². The molecule has 0 aromatic rings. The third-order valence-corrected chi connectivity index (χ3v) is 9.14. The molecule has 0 bridgehead atoms. The van der Waals surface area contributed by atoms with Crippen LogP contribution in [0.1, 0.15) is 34.1 Å². The largest absolute Gasteiger partial charge is 3.00 e. The van der Waals surface area contributed by atoms with Gasteiger partial charge < -0.3 is 34.6 Å². The maximum absolute atomic E-state index is 6.34. The summed E-state index contributed by atoms with van der Waals surface area (Å²) in [6.07, 6.45) is 5.04. The van der Waals surface area contributed by atoms with Crippen molar-refractivity contribution in [3.05, 3.63) is 22.2 Å². The molecule has 1 aliphatic heterocycles. The summed E-state index contributed by atoms with van der Waals surface area (Å²) in [4.78, 5) is 0. The molecule has 7 heteroatoms. The topological polar surface area (TPSA) is 21.3 Å². The summed E-state index contributed by atoms with van der Waals surface area (Å²) in [7, 11) is -2.82. The minimum absolute atomic E-state index is 0. The third kappa shape index (κ3) is 6.11. The maximum Gasteiger partial charge on any atom is 3.00 e. The van der Waals surface area contributed by atoms with Gasteiger partial charge in [-0.25, -0.2) is 11.3 Å². The van der Waals surface area contributed by atoms with Crippen molar-refractivity contribution in [1.29, 1.82) is 0 Å². The Morgan fingerprint density at radius 1 is 1.22 bits per heavy atom. The van der Waals surface area contributed by atoms with Crippen LogP contribution in [0.25, 0.3) is 0 Å². The Labute approximate surface area is 176 Å². The van der Waals surface area contributed by atoms with E-state index >= 15 is 0 Å². The van der Waals surface area contributed by atoms with Gasteiger partial charge >= 0.3 is 26.2 Å². The molecule has 0 spiro atoms. The Morgan fingerprint density at radius 2 is 1.74 bits per heavy atom. The molecule has 2 unspecified atom stereocenters. The number of hydrogen-bond acceptors (Lipinski definition) is 2. The molecule has 23 heavy (non-hydrogen) atoms. The first-order chi connectivity index (χ1) is 8.98. The first kappa shape index (κ1) is 26.4. The van der Waals surface area contributed by atoms with Crippen LogP contribution in [0.5, 0.6) is 0 Å². The Balaban J connectivity index is 0. The average Bonchev–Trinajstić information content (AvgIpc) is 2.58. The van der Waals surface area contributed by atoms with Crippen LogP contribution in [0.4, 0.5) is 0 Å². The van der Waals surface area contributed by atoms with Crippen molar-refractivity contribution in [3.63, 3.8) is 0 Å². The van der Waals surface area contributed by atoms with E-state index in [0.29, 0.717) is 0 Å². The standard InChI is InChI=1S/C16H30NOSi2.2ClH.Zr/c1-9-10-20(8)13-11-12(18-19(5,6)7)14(15(13)20)17-16(2,3)4;;;/h12,17H,9-10H2,1-8H3;2*1H;/q-1;;;+3/p-2. The van der Waals surface area contributed by atoms with Crippen LogP contribution < -0.4 is 30.1 Å². The number of hydrogen-bond donors (Lipinski definition) is 1. The second kappa shape index (κ2) is 8.68. The van der Waals surface area contributed by atoms with Crippen molar-refractivity contribution >= 4 is 16.4 Å². The molecule has 131 valence electrons. The van der Waals surface area contributed by atoms with Crippen molar-refractivity contribution in [1.82, 2.24) is 5.32 Å². The molecule has 2 rings (SSSR count). The molecule has 1 N–H and O–H groups in total. The minimum Gasteiger partial charge on any atom is -1.00 e. The summed E-state index contributed by atoms with van der Waals surface area (Å²) in [5.74, 6) is 0. The van der Waals surface area contributed by atoms with Gasteiger partial charge in [-0.2, -0.15) is 5.20 Å². The fraction of sp³-hybridized carbons (Fsp3) is 0.750. The SMILES string of the molecule is CCC[Si]1(C)C2=[C-]C(O[Si](C)(C)C)C(NC(C)(C)C)=C21.[Cl-].[Cl-].[Zr+3]. The summed E-state index contributed by atoms with van der Waals surface area (Å²) in [6, 6.07) is 1.36. The number of fused-ring (bicyclic) bond motifs is 1. The molecule has 2 nitrogen and oxygen atoms in total. The van der Waals surface area contributed by atoms with Gasteiger partial charge in [-0.1, -0.05) is 31.6 Å². The molecule has 1 radical (unpaired) electrons. The minimum atomic E-state index is -1.55. The van der Waals surface area contributed by atoms with Crippen molar-refractivity contribution in [2.75, 3.05) is 0 Å².